The van der Waals surface area contributed by atoms with Gasteiger partial charge in [-0.25, -0.2) is 0 Å². The number of amides is 1. The average Bonchev–Trinajstić information content (AvgIpc) is 2.95. The lowest BCUT2D eigenvalue weighted by atomic mass is 10.1. The van der Waals surface area contributed by atoms with Gasteiger partial charge in [0.2, 0.25) is 0 Å². The van der Waals surface area contributed by atoms with Crippen LogP contribution < -0.4 is 4.90 Å². The molecule has 3 N–H and O–H groups in total. The highest BCUT2D eigenvalue weighted by Crippen LogP contribution is 2.41. The minimum atomic E-state index is -1.63. The summed E-state index contributed by atoms with van der Waals surface area (Å²) in [6.45, 7) is -0.631. The molecule has 1 saturated heterocycles. The summed E-state index contributed by atoms with van der Waals surface area (Å²) in [6.07, 6.45) is -5.82. The van der Waals surface area contributed by atoms with E-state index in [1.54, 1.807) is 0 Å². The van der Waals surface area contributed by atoms with Gasteiger partial charge in [-0.05, 0) is 6.07 Å². The number of nitrogens with zero attached hydrogens (tertiary/aromatic N) is 2. The number of hydrogen-bond acceptors (Lipinski definition) is 8. The normalized spacial score (nSPS) is 30.0. The third kappa shape index (κ3) is 2.11. The number of nitro benzene ring substituents is 1. The topological polar surface area (TPSA) is 150 Å². The predicted octanol–water partition coefficient (Wildman–Crippen LogP) is -1.44. The Morgan fingerprint density at radius 2 is 1.96 bits per heavy atom. The van der Waals surface area contributed by atoms with E-state index in [1.165, 1.54) is 12.1 Å². The van der Waals surface area contributed by atoms with Crippen LogP contribution >= 0.6 is 0 Å². The van der Waals surface area contributed by atoms with Crippen molar-refractivity contribution in [3.8, 4) is 0 Å². The van der Waals surface area contributed by atoms with E-state index in [9.17, 15) is 29.9 Å². The van der Waals surface area contributed by atoms with Crippen molar-refractivity contribution in [3.05, 3.63) is 33.9 Å². The van der Waals surface area contributed by atoms with E-state index in [1.807, 2.05) is 0 Å². The standard InChI is InChI=1S/C13H12N2O8/c16-4-7-10(18)11(19)13(23-7)14-8-5(9(17)12(14)20)2-1-3-6(8)15(21)22/h1-3,7,10-11,13,16,18-19H,4H2/t7-,10-,11-,13-/m1/s1. The summed E-state index contributed by atoms with van der Waals surface area (Å²) in [5.74, 6) is -2.08. The fourth-order valence-electron chi connectivity index (χ4n) is 2.78. The molecule has 0 spiro atoms. The summed E-state index contributed by atoms with van der Waals surface area (Å²) in [7, 11) is 0. The molecule has 1 aromatic rings. The maximum Gasteiger partial charge on any atom is 0.301 e. The Labute approximate surface area is 128 Å². The third-order valence-corrected chi connectivity index (χ3v) is 3.88. The minimum absolute atomic E-state index is 0.179. The van der Waals surface area contributed by atoms with Gasteiger partial charge >= 0.3 is 5.91 Å². The molecule has 0 bridgehead atoms. The van der Waals surface area contributed by atoms with E-state index < -0.39 is 53.4 Å². The summed E-state index contributed by atoms with van der Waals surface area (Å²) < 4.78 is 5.21. The lowest BCUT2D eigenvalue weighted by molar-refractivity contribution is -0.384. The van der Waals surface area contributed by atoms with Gasteiger partial charge in [0.25, 0.3) is 11.5 Å². The van der Waals surface area contributed by atoms with E-state index in [2.05, 4.69) is 0 Å². The van der Waals surface area contributed by atoms with Crippen molar-refractivity contribution >= 4 is 23.1 Å². The number of benzene rings is 1. The number of carbonyl (C=O) groups is 2. The number of hydrogen-bond donors (Lipinski definition) is 3. The van der Waals surface area contributed by atoms with Gasteiger partial charge in [-0.1, -0.05) is 6.07 Å². The molecule has 1 fully saturated rings. The molecule has 0 aliphatic carbocycles. The first-order chi connectivity index (χ1) is 10.9. The first-order valence-corrected chi connectivity index (χ1v) is 6.66. The van der Waals surface area contributed by atoms with Crippen LogP contribution in [0.15, 0.2) is 18.2 Å². The molecule has 0 saturated carbocycles. The fraction of sp³-hybridized carbons (Fsp3) is 0.385. The second-order valence-electron chi connectivity index (χ2n) is 5.16. The van der Waals surface area contributed by atoms with Gasteiger partial charge in [0, 0.05) is 6.07 Å². The number of Topliss-reactive ketones (excluding diaryl/α,β-unsaturated/α-hetero) is 1. The smallest absolute Gasteiger partial charge is 0.301 e. The zero-order valence-corrected chi connectivity index (χ0v) is 11.5. The van der Waals surface area contributed by atoms with Crippen molar-refractivity contribution in [2.45, 2.75) is 24.5 Å². The molecule has 2 aliphatic heterocycles. The number of rotatable bonds is 3. The van der Waals surface area contributed by atoms with E-state index in [0.717, 1.165) is 6.07 Å². The highest BCUT2D eigenvalue weighted by molar-refractivity contribution is 6.52. The second kappa shape index (κ2) is 5.35. The van der Waals surface area contributed by atoms with Crippen LogP contribution in [0, 0.1) is 10.1 Å². The number of fused-ring (bicyclic) bond motifs is 1. The summed E-state index contributed by atoms with van der Waals surface area (Å²) in [4.78, 5) is 35.3. The summed E-state index contributed by atoms with van der Waals surface area (Å²) in [6, 6.07) is 3.63. The van der Waals surface area contributed by atoms with E-state index in [0.29, 0.717) is 4.90 Å². The monoisotopic (exact) mass is 324 g/mol. The van der Waals surface area contributed by atoms with Crippen molar-refractivity contribution < 1.29 is 34.6 Å². The third-order valence-electron chi connectivity index (χ3n) is 3.88. The van der Waals surface area contributed by atoms with Crippen molar-refractivity contribution in [3.63, 3.8) is 0 Å². The van der Waals surface area contributed by atoms with Crippen molar-refractivity contribution in [1.82, 2.24) is 0 Å². The number of ketones is 1. The molecular weight excluding hydrogens is 312 g/mol. The van der Waals surface area contributed by atoms with E-state index >= 15 is 0 Å². The highest BCUT2D eigenvalue weighted by atomic mass is 16.6. The van der Waals surface area contributed by atoms with Gasteiger partial charge in [0.05, 0.1) is 17.1 Å². The Morgan fingerprint density at radius 3 is 2.52 bits per heavy atom. The zero-order valence-electron chi connectivity index (χ0n) is 11.5. The van der Waals surface area contributed by atoms with Crippen LogP contribution in [-0.4, -0.2) is 63.1 Å². The maximum absolute atomic E-state index is 12.2. The molecule has 0 radical (unpaired) electrons. The molecule has 1 aromatic carbocycles. The summed E-state index contributed by atoms with van der Waals surface area (Å²) in [5, 5.41) is 40.1. The maximum atomic E-state index is 12.2. The van der Waals surface area contributed by atoms with Gasteiger partial charge in [-0.2, -0.15) is 0 Å². The number of ether oxygens (including phenoxy) is 1. The van der Waals surface area contributed by atoms with Crippen LogP contribution in [0.3, 0.4) is 0 Å². The first-order valence-electron chi connectivity index (χ1n) is 6.66. The molecule has 23 heavy (non-hydrogen) atoms. The number of carbonyl (C=O) groups excluding carboxylic acids is 2. The molecule has 1 amide bonds. The first kappa shape index (κ1) is 15.5. The molecule has 3 rings (SSSR count). The Balaban J connectivity index is 2.11. The Hall–Kier alpha value is -2.40. The predicted molar refractivity (Wildman–Crippen MR) is 72.7 cm³/mol. The molecule has 0 unspecified atom stereocenters. The van der Waals surface area contributed by atoms with Crippen LogP contribution in [0.1, 0.15) is 10.4 Å². The number of para-hydroxylation sites is 1. The SMILES string of the molecule is O=C1C(=O)N([C@@H]2O[C@H](CO)[C@@H](O)[C@H]2O)c2c1cccc2[N+](=O)[O-]. The quantitative estimate of drug-likeness (QED) is 0.347. The highest BCUT2D eigenvalue weighted by Gasteiger charge is 2.53. The molecule has 10 nitrogen and oxygen atoms in total. The molecule has 0 aromatic heterocycles. The van der Waals surface area contributed by atoms with Crippen molar-refractivity contribution in [2.75, 3.05) is 11.5 Å². The number of aliphatic hydroxyl groups is 3. The zero-order chi connectivity index (χ0) is 16.9. The lowest BCUT2D eigenvalue weighted by Crippen LogP contribution is -2.47. The van der Waals surface area contributed by atoms with Gasteiger partial charge in [0.15, 0.2) is 6.23 Å². The van der Waals surface area contributed by atoms with Crippen molar-refractivity contribution in [1.29, 1.82) is 0 Å². The van der Waals surface area contributed by atoms with Crippen LogP contribution in [0.5, 0.6) is 0 Å². The minimum Gasteiger partial charge on any atom is -0.394 e. The molecular formula is C13H12N2O8. The van der Waals surface area contributed by atoms with Crippen LogP contribution in [0.4, 0.5) is 11.4 Å². The van der Waals surface area contributed by atoms with Gasteiger partial charge < -0.3 is 20.1 Å². The lowest BCUT2D eigenvalue weighted by Gasteiger charge is -2.25. The summed E-state index contributed by atoms with van der Waals surface area (Å²) in [5.41, 5.74) is -0.969. The summed E-state index contributed by atoms with van der Waals surface area (Å²) >= 11 is 0. The number of anilines is 1. The van der Waals surface area contributed by atoms with E-state index in [-0.39, 0.29) is 11.3 Å². The molecule has 2 heterocycles. The molecule has 122 valence electrons. The average molecular weight is 324 g/mol. The van der Waals surface area contributed by atoms with Crippen LogP contribution in [0.25, 0.3) is 0 Å². The van der Waals surface area contributed by atoms with Crippen LogP contribution in [0.2, 0.25) is 0 Å². The Bertz CT molecular complexity index is 705. The van der Waals surface area contributed by atoms with Gasteiger partial charge in [-0.15, -0.1) is 0 Å². The number of nitro groups is 1. The van der Waals surface area contributed by atoms with Gasteiger partial charge in [-0.3, -0.25) is 24.6 Å². The fourth-order valence-corrected chi connectivity index (χ4v) is 2.78. The second-order valence-corrected chi connectivity index (χ2v) is 5.16. The van der Waals surface area contributed by atoms with Gasteiger partial charge in [0.1, 0.15) is 24.0 Å². The molecule has 2 aliphatic rings. The Kier molecular flexibility index (Phi) is 3.60. The largest absolute Gasteiger partial charge is 0.394 e. The van der Waals surface area contributed by atoms with E-state index in [4.69, 9.17) is 9.84 Å². The van der Waals surface area contributed by atoms with Crippen LogP contribution in [-0.2, 0) is 9.53 Å². The Morgan fingerprint density at radius 1 is 1.26 bits per heavy atom. The van der Waals surface area contributed by atoms with Crippen molar-refractivity contribution in [2.24, 2.45) is 0 Å². The molecule has 4 atom stereocenters. The molecule has 10 heteroatoms. The number of aliphatic hydroxyl groups excluding tert-OH is 3.